The molecule has 7 N–H and O–H groups in total. The number of rotatable bonds is 13. The summed E-state index contributed by atoms with van der Waals surface area (Å²) in [6.45, 7) is 4.69. The zero-order chi connectivity index (χ0) is 22.7. The van der Waals surface area contributed by atoms with Gasteiger partial charge in [0.25, 0.3) is 0 Å². The molecule has 0 aliphatic carbocycles. The zero-order valence-corrected chi connectivity index (χ0v) is 17.7. The van der Waals surface area contributed by atoms with E-state index in [-0.39, 0.29) is 12.3 Å². The lowest BCUT2D eigenvalue weighted by Crippen LogP contribution is -2.57. The Bertz CT molecular complexity index is 615. The molecule has 4 atom stereocenters. The molecule has 0 fully saturated rings. The van der Waals surface area contributed by atoms with Crippen molar-refractivity contribution in [1.29, 1.82) is 0 Å². The van der Waals surface area contributed by atoms with Crippen molar-refractivity contribution in [2.45, 2.75) is 57.8 Å². The summed E-state index contributed by atoms with van der Waals surface area (Å²) in [5.74, 6) is -4.42. The molecule has 12 heteroatoms. The molecule has 166 valence electrons. The standard InChI is InChI=1S/C17H30N4O7S/c1-8(2)13(21-15(25)10(18)7-12(22)23)16(26)19-9(3)14(24)20-11(17(27)28)5-6-29-4/h8-11,13H,5-7,18H2,1-4H3,(H,19,26)(H,20,24)(H,21,25)(H,22,23)(H,27,28). The number of aliphatic carboxylic acids is 2. The largest absolute Gasteiger partial charge is 0.481 e. The number of carbonyl (C=O) groups excluding carboxylic acids is 3. The fraction of sp³-hybridized carbons (Fsp3) is 0.706. The van der Waals surface area contributed by atoms with Gasteiger partial charge in [-0.15, -0.1) is 0 Å². The Labute approximate surface area is 173 Å². The second kappa shape index (κ2) is 13.0. The van der Waals surface area contributed by atoms with Gasteiger partial charge in [0.2, 0.25) is 17.7 Å². The van der Waals surface area contributed by atoms with Crippen molar-refractivity contribution in [3.8, 4) is 0 Å². The third-order valence-electron chi connectivity index (χ3n) is 3.96. The Morgan fingerprint density at radius 3 is 1.97 bits per heavy atom. The lowest BCUT2D eigenvalue weighted by molar-refractivity contribution is -0.142. The molecule has 11 nitrogen and oxygen atoms in total. The molecule has 0 saturated heterocycles. The van der Waals surface area contributed by atoms with Crippen LogP contribution >= 0.6 is 11.8 Å². The number of carboxylic acid groups (broad SMARTS) is 2. The molecule has 0 aliphatic heterocycles. The summed E-state index contributed by atoms with van der Waals surface area (Å²) in [7, 11) is 0. The Balaban J connectivity index is 4.95. The molecule has 0 aromatic heterocycles. The quantitative estimate of drug-likeness (QED) is 0.206. The number of amides is 3. The van der Waals surface area contributed by atoms with E-state index in [0.717, 1.165) is 0 Å². The van der Waals surface area contributed by atoms with Crippen LogP contribution in [0, 0.1) is 5.92 Å². The van der Waals surface area contributed by atoms with E-state index in [9.17, 15) is 29.1 Å². The van der Waals surface area contributed by atoms with Crippen LogP contribution in [0.25, 0.3) is 0 Å². The second-order valence-corrected chi connectivity index (χ2v) is 7.83. The number of nitrogens with one attached hydrogen (secondary N) is 3. The van der Waals surface area contributed by atoms with Crippen LogP contribution < -0.4 is 21.7 Å². The highest BCUT2D eigenvalue weighted by Crippen LogP contribution is 2.05. The first-order valence-corrected chi connectivity index (χ1v) is 10.4. The van der Waals surface area contributed by atoms with Crippen molar-refractivity contribution >= 4 is 41.4 Å². The van der Waals surface area contributed by atoms with Crippen molar-refractivity contribution in [3.63, 3.8) is 0 Å². The first-order chi connectivity index (χ1) is 13.4. The molecule has 0 heterocycles. The summed E-state index contributed by atoms with van der Waals surface area (Å²) in [5.41, 5.74) is 5.49. The number of nitrogens with two attached hydrogens (primary N) is 1. The van der Waals surface area contributed by atoms with Gasteiger partial charge in [0.1, 0.15) is 18.1 Å². The predicted octanol–water partition coefficient (Wildman–Crippen LogP) is -1.24. The van der Waals surface area contributed by atoms with Crippen molar-refractivity contribution < 1.29 is 34.2 Å². The number of hydrogen-bond acceptors (Lipinski definition) is 7. The van der Waals surface area contributed by atoms with Gasteiger partial charge in [-0.2, -0.15) is 11.8 Å². The smallest absolute Gasteiger partial charge is 0.326 e. The molecule has 4 unspecified atom stereocenters. The molecule has 0 spiro atoms. The minimum Gasteiger partial charge on any atom is -0.481 e. The van der Waals surface area contributed by atoms with E-state index in [2.05, 4.69) is 16.0 Å². The summed E-state index contributed by atoms with van der Waals surface area (Å²) in [5, 5.41) is 25.1. The van der Waals surface area contributed by atoms with Crippen LogP contribution in [-0.4, -0.2) is 76.0 Å². The van der Waals surface area contributed by atoms with Crippen LogP contribution in [0.4, 0.5) is 0 Å². The van der Waals surface area contributed by atoms with Gasteiger partial charge in [-0.3, -0.25) is 19.2 Å². The lowest BCUT2D eigenvalue weighted by atomic mass is 10.0. The molecule has 29 heavy (non-hydrogen) atoms. The van der Waals surface area contributed by atoms with Gasteiger partial charge in [0.15, 0.2) is 0 Å². The molecule has 0 radical (unpaired) electrons. The average molecular weight is 435 g/mol. The average Bonchev–Trinajstić information content (AvgIpc) is 2.61. The fourth-order valence-corrected chi connectivity index (χ4v) is 2.71. The van der Waals surface area contributed by atoms with E-state index in [1.165, 1.54) is 18.7 Å². The van der Waals surface area contributed by atoms with Gasteiger partial charge in [-0.25, -0.2) is 4.79 Å². The van der Waals surface area contributed by atoms with Crippen LogP contribution in [0.15, 0.2) is 0 Å². The SMILES string of the molecule is CSCCC(NC(=O)C(C)NC(=O)C(NC(=O)C(N)CC(=O)O)C(C)C)C(=O)O. The minimum absolute atomic E-state index is 0.231. The van der Waals surface area contributed by atoms with Crippen LogP contribution in [0.1, 0.15) is 33.6 Å². The molecule has 0 aromatic carbocycles. The highest BCUT2D eigenvalue weighted by atomic mass is 32.2. The highest BCUT2D eigenvalue weighted by molar-refractivity contribution is 7.98. The predicted molar refractivity (Wildman–Crippen MR) is 107 cm³/mol. The van der Waals surface area contributed by atoms with E-state index >= 15 is 0 Å². The van der Waals surface area contributed by atoms with Gasteiger partial charge in [-0.05, 0) is 31.3 Å². The number of hydrogen-bond donors (Lipinski definition) is 6. The fourth-order valence-electron chi connectivity index (χ4n) is 2.23. The Morgan fingerprint density at radius 2 is 1.52 bits per heavy atom. The topological polar surface area (TPSA) is 188 Å². The van der Waals surface area contributed by atoms with Crippen molar-refractivity contribution in [3.05, 3.63) is 0 Å². The third kappa shape index (κ3) is 10.1. The van der Waals surface area contributed by atoms with E-state index in [4.69, 9.17) is 10.8 Å². The number of carbonyl (C=O) groups is 5. The first-order valence-electron chi connectivity index (χ1n) is 9.00. The highest BCUT2D eigenvalue weighted by Gasteiger charge is 2.30. The number of thioether (sulfide) groups is 1. The summed E-state index contributed by atoms with van der Waals surface area (Å²) in [6.07, 6.45) is 1.45. The second-order valence-electron chi connectivity index (χ2n) is 6.85. The van der Waals surface area contributed by atoms with E-state index in [1.54, 1.807) is 13.8 Å². The van der Waals surface area contributed by atoms with Crippen LogP contribution in [0.3, 0.4) is 0 Å². The summed E-state index contributed by atoms with van der Waals surface area (Å²) in [6, 6.07) is -4.51. The van der Waals surface area contributed by atoms with Gasteiger partial charge in [-0.1, -0.05) is 13.8 Å². The molecule has 0 bridgehead atoms. The van der Waals surface area contributed by atoms with E-state index in [0.29, 0.717) is 5.75 Å². The summed E-state index contributed by atoms with van der Waals surface area (Å²) >= 11 is 1.44. The molecular weight excluding hydrogens is 404 g/mol. The van der Waals surface area contributed by atoms with E-state index < -0.39 is 60.2 Å². The maximum Gasteiger partial charge on any atom is 0.326 e. The normalized spacial score (nSPS) is 15.0. The van der Waals surface area contributed by atoms with Gasteiger partial charge < -0.3 is 31.9 Å². The Morgan fingerprint density at radius 1 is 0.931 bits per heavy atom. The Hall–Kier alpha value is -2.34. The molecule has 0 saturated carbocycles. The number of carboxylic acids is 2. The minimum atomic E-state index is -1.32. The molecule has 3 amide bonds. The maximum atomic E-state index is 12.5. The Kier molecular flexibility index (Phi) is 11.9. The van der Waals surface area contributed by atoms with Crippen LogP contribution in [0.2, 0.25) is 0 Å². The molecular formula is C17H30N4O7S. The first kappa shape index (κ1) is 26.7. The zero-order valence-electron chi connectivity index (χ0n) is 16.9. The van der Waals surface area contributed by atoms with Crippen LogP contribution in [-0.2, 0) is 24.0 Å². The van der Waals surface area contributed by atoms with E-state index in [1.807, 2.05) is 6.26 Å². The van der Waals surface area contributed by atoms with Gasteiger partial charge in [0.05, 0.1) is 12.5 Å². The van der Waals surface area contributed by atoms with Gasteiger partial charge >= 0.3 is 11.9 Å². The van der Waals surface area contributed by atoms with Crippen LogP contribution in [0.5, 0.6) is 0 Å². The van der Waals surface area contributed by atoms with Crippen molar-refractivity contribution in [2.75, 3.05) is 12.0 Å². The maximum absolute atomic E-state index is 12.5. The molecule has 0 rings (SSSR count). The summed E-state index contributed by atoms with van der Waals surface area (Å²) < 4.78 is 0. The molecule has 0 aromatic rings. The molecule has 0 aliphatic rings. The third-order valence-corrected chi connectivity index (χ3v) is 4.60. The summed E-state index contributed by atoms with van der Waals surface area (Å²) in [4.78, 5) is 58.6. The monoisotopic (exact) mass is 434 g/mol. The van der Waals surface area contributed by atoms with Crippen molar-refractivity contribution in [1.82, 2.24) is 16.0 Å². The lowest BCUT2D eigenvalue weighted by Gasteiger charge is -2.25. The van der Waals surface area contributed by atoms with Crippen molar-refractivity contribution in [2.24, 2.45) is 11.7 Å². The van der Waals surface area contributed by atoms with Gasteiger partial charge in [0, 0.05) is 0 Å².